The molecule has 1 N–H and O–H groups in total. The molecule has 0 spiro atoms. The summed E-state index contributed by atoms with van der Waals surface area (Å²) >= 11 is 0. The lowest BCUT2D eigenvalue weighted by Crippen LogP contribution is -2.30. The van der Waals surface area contributed by atoms with E-state index in [1.807, 2.05) is 30.3 Å². The summed E-state index contributed by atoms with van der Waals surface area (Å²) in [5, 5.41) is 10.8. The molecule has 170 valence electrons. The van der Waals surface area contributed by atoms with Gasteiger partial charge in [-0.05, 0) is 47.9 Å². The molecule has 3 heterocycles. The van der Waals surface area contributed by atoms with Crippen LogP contribution in [0.2, 0.25) is 0 Å². The van der Waals surface area contributed by atoms with E-state index in [9.17, 15) is 14.7 Å². The number of ketones is 1. The number of aliphatic hydroxyl groups is 1. The summed E-state index contributed by atoms with van der Waals surface area (Å²) in [5.74, 6) is -1.01. The van der Waals surface area contributed by atoms with Crippen molar-refractivity contribution >= 4 is 11.7 Å². The van der Waals surface area contributed by atoms with Crippen molar-refractivity contribution in [3.8, 4) is 5.75 Å². The first-order valence-corrected chi connectivity index (χ1v) is 11.0. The van der Waals surface area contributed by atoms with E-state index in [1.165, 1.54) is 17.2 Å². The van der Waals surface area contributed by atoms with Crippen molar-refractivity contribution in [3.63, 3.8) is 0 Å². The molecule has 0 radical (unpaired) electrons. The fourth-order valence-electron chi connectivity index (χ4n) is 3.94. The molecular weight excluding hydrogens is 420 g/mol. The molecule has 0 aliphatic carbocycles. The number of ether oxygens (including phenoxy) is 1. The molecular formula is C26H26N2O5. The average molecular weight is 447 g/mol. The number of aromatic nitrogens is 1. The van der Waals surface area contributed by atoms with E-state index in [0.717, 1.165) is 24.8 Å². The van der Waals surface area contributed by atoms with Gasteiger partial charge in [-0.15, -0.1) is 0 Å². The molecule has 4 rings (SSSR count). The second-order valence-corrected chi connectivity index (χ2v) is 7.89. The molecule has 7 heteroatoms. The molecule has 1 amide bonds. The first kappa shape index (κ1) is 22.3. The van der Waals surface area contributed by atoms with Gasteiger partial charge in [0.2, 0.25) is 5.78 Å². The van der Waals surface area contributed by atoms with Crippen LogP contribution in [-0.2, 0) is 11.3 Å². The van der Waals surface area contributed by atoms with Crippen LogP contribution in [0.5, 0.6) is 5.75 Å². The van der Waals surface area contributed by atoms with Crippen LogP contribution in [0.25, 0.3) is 0 Å². The van der Waals surface area contributed by atoms with Gasteiger partial charge in [0.25, 0.3) is 5.91 Å². The van der Waals surface area contributed by atoms with Gasteiger partial charge in [0, 0.05) is 18.9 Å². The number of benzene rings is 1. The van der Waals surface area contributed by atoms with E-state index in [-0.39, 0.29) is 17.9 Å². The first-order chi connectivity index (χ1) is 16.1. The lowest BCUT2D eigenvalue weighted by Gasteiger charge is -2.27. The number of nitrogens with zero attached hydrogens (tertiary/aromatic N) is 2. The maximum Gasteiger partial charge on any atom is 0.290 e. The van der Waals surface area contributed by atoms with Gasteiger partial charge < -0.3 is 19.2 Å². The van der Waals surface area contributed by atoms with Crippen molar-refractivity contribution in [2.45, 2.75) is 38.8 Å². The molecule has 0 saturated heterocycles. The number of furan rings is 1. The number of hydrogen-bond donors (Lipinski definition) is 1. The van der Waals surface area contributed by atoms with Crippen LogP contribution >= 0.6 is 0 Å². The third kappa shape index (κ3) is 4.82. The Morgan fingerprint density at radius 1 is 1.18 bits per heavy atom. The second kappa shape index (κ2) is 10.2. The van der Waals surface area contributed by atoms with E-state index < -0.39 is 23.5 Å². The molecule has 0 saturated carbocycles. The highest BCUT2D eigenvalue weighted by molar-refractivity contribution is 6.15. The van der Waals surface area contributed by atoms with Crippen LogP contribution in [0.1, 0.15) is 53.9 Å². The minimum atomic E-state index is -0.797. The smallest absolute Gasteiger partial charge is 0.290 e. The van der Waals surface area contributed by atoms with Gasteiger partial charge in [0.05, 0.1) is 24.5 Å². The summed E-state index contributed by atoms with van der Waals surface area (Å²) in [5.41, 5.74) is 1.43. The fourth-order valence-corrected chi connectivity index (χ4v) is 3.94. The largest absolute Gasteiger partial charge is 0.503 e. The van der Waals surface area contributed by atoms with Gasteiger partial charge in [0.1, 0.15) is 5.75 Å². The van der Waals surface area contributed by atoms with Crippen LogP contribution in [-0.4, -0.2) is 33.3 Å². The average Bonchev–Trinajstić information content (AvgIpc) is 3.46. The summed E-state index contributed by atoms with van der Waals surface area (Å²) in [4.78, 5) is 31.9. The Morgan fingerprint density at radius 3 is 2.79 bits per heavy atom. The van der Waals surface area contributed by atoms with Gasteiger partial charge in [-0.3, -0.25) is 14.6 Å². The number of rotatable bonds is 10. The third-order valence-electron chi connectivity index (χ3n) is 5.56. The minimum absolute atomic E-state index is 0.0121. The lowest BCUT2D eigenvalue weighted by molar-refractivity contribution is -0.130. The van der Waals surface area contributed by atoms with E-state index >= 15 is 0 Å². The third-order valence-corrected chi connectivity index (χ3v) is 5.56. The molecule has 0 bridgehead atoms. The Kier molecular flexibility index (Phi) is 6.88. The maximum absolute atomic E-state index is 13.2. The van der Waals surface area contributed by atoms with Crippen molar-refractivity contribution in [2.24, 2.45) is 0 Å². The van der Waals surface area contributed by atoms with Crippen LogP contribution in [0.15, 0.2) is 82.9 Å². The zero-order valence-corrected chi connectivity index (χ0v) is 18.4. The van der Waals surface area contributed by atoms with E-state index in [0.29, 0.717) is 17.9 Å². The molecule has 1 aliphatic heterocycles. The Bertz CT molecular complexity index is 1140. The summed E-state index contributed by atoms with van der Waals surface area (Å²) in [6, 6.07) is 13.2. The highest BCUT2D eigenvalue weighted by Gasteiger charge is 2.44. The topological polar surface area (TPSA) is 92.9 Å². The van der Waals surface area contributed by atoms with Crippen molar-refractivity contribution < 1.29 is 23.8 Å². The Hall–Kier alpha value is -3.87. The first-order valence-electron chi connectivity index (χ1n) is 11.0. The second-order valence-electron chi connectivity index (χ2n) is 7.89. The molecule has 33 heavy (non-hydrogen) atoms. The van der Waals surface area contributed by atoms with Gasteiger partial charge in [-0.2, -0.15) is 0 Å². The van der Waals surface area contributed by atoms with Gasteiger partial charge in [0.15, 0.2) is 11.5 Å². The SMILES string of the molecule is CCCCCOc1cccc(C2C(C(=O)c3ccco3)=C(O)C(=O)N2Cc2cccnc2)c1. The van der Waals surface area contributed by atoms with Gasteiger partial charge in [-0.1, -0.05) is 38.0 Å². The number of unbranched alkanes of at least 4 members (excludes halogenated alkanes) is 2. The monoisotopic (exact) mass is 446 g/mol. The summed E-state index contributed by atoms with van der Waals surface area (Å²) < 4.78 is 11.2. The van der Waals surface area contributed by atoms with E-state index in [1.54, 1.807) is 24.5 Å². The minimum Gasteiger partial charge on any atom is -0.503 e. The van der Waals surface area contributed by atoms with Gasteiger partial charge >= 0.3 is 0 Å². The van der Waals surface area contributed by atoms with E-state index in [4.69, 9.17) is 9.15 Å². The van der Waals surface area contributed by atoms with Crippen molar-refractivity contribution in [1.82, 2.24) is 9.88 Å². The number of Topliss-reactive ketones (excluding diaryl/α,β-unsaturated/α-hetero) is 1. The number of aliphatic hydroxyl groups excluding tert-OH is 1. The Labute approximate surface area is 192 Å². The highest BCUT2D eigenvalue weighted by Crippen LogP contribution is 2.40. The molecule has 3 aromatic rings. The van der Waals surface area contributed by atoms with Crippen LogP contribution in [0, 0.1) is 0 Å². The van der Waals surface area contributed by atoms with E-state index in [2.05, 4.69) is 11.9 Å². The number of pyridine rings is 1. The molecule has 2 aromatic heterocycles. The summed E-state index contributed by atoms with van der Waals surface area (Å²) in [6.45, 7) is 2.89. The van der Waals surface area contributed by atoms with Crippen LogP contribution in [0.4, 0.5) is 0 Å². The standard InChI is InChI=1S/C26H26N2O5/c1-2-3-4-13-32-20-10-5-9-19(15-20)23-22(24(29)21-11-7-14-33-21)25(30)26(31)28(23)17-18-8-6-12-27-16-18/h5-12,14-16,23,30H,2-4,13,17H2,1H3. The molecule has 1 aliphatic rings. The Balaban J connectivity index is 1.70. The number of amides is 1. The van der Waals surface area contributed by atoms with Crippen LogP contribution < -0.4 is 4.74 Å². The predicted molar refractivity (Wildman–Crippen MR) is 122 cm³/mol. The normalized spacial score (nSPS) is 15.8. The zero-order valence-electron chi connectivity index (χ0n) is 18.4. The summed E-state index contributed by atoms with van der Waals surface area (Å²) in [7, 11) is 0. The molecule has 1 atom stereocenters. The fraction of sp³-hybridized carbons (Fsp3) is 0.269. The predicted octanol–water partition coefficient (Wildman–Crippen LogP) is 5.02. The Morgan fingerprint density at radius 2 is 2.06 bits per heavy atom. The van der Waals surface area contributed by atoms with Crippen LogP contribution in [0.3, 0.4) is 0 Å². The quantitative estimate of drug-likeness (QED) is 0.347. The number of carbonyl (C=O) groups is 2. The molecule has 0 fully saturated rings. The highest BCUT2D eigenvalue weighted by atomic mass is 16.5. The van der Waals surface area contributed by atoms with Crippen molar-refractivity contribution in [1.29, 1.82) is 0 Å². The molecule has 1 aromatic carbocycles. The molecule has 7 nitrogen and oxygen atoms in total. The number of hydrogen-bond acceptors (Lipinski definition) is 6. The zero-order chi connectivity index (χ0) is 23.2. The number of carbonyl (C=O) groups excluding carboxylic acids is 2. The maximum atomic E-state index is 13.2. The lowest BCUT2D eigenvalue weighted by atomic mass is 9.94. The van der Waals surface area contributed by atoms with Gasteiger partial charge in [-0.25, -0.2) is 0 Å². The van der Waals surface area contributed by atoms with Crippen molar-refractivity contribution in [2.75, 3.05) is 6.61 Å². The molecule has 1 unspecified atom stereocenters. The van der Waals surface area contributed by atoms with Crippen molar-refractivity contribution in [3.05, 3.63) is 95.4 Å². The summed E-state index contributed by atoms with van der Waals surface area (Å²) in [6.07, 6.45) is 7.80.